The van der Waals surface area contributed by atoms with Crippen molar-refractivity contribution >= 4 is 11.7 Å². The second kappa shape index (κ2) is 2.86. The largest absolute Gasteiger partial charge is 0.467 e. The zero-order chi connectivity index (χ0) is 8.43. The third kappa shape index (κ3) is 1.48. The molecule has 1 heterocycles. The van der Waals surface area contributed by atoms with Crippen LogP contribution >= 0.6 is 0 Å². The van der Waals surface area contributed by atoms with Crippen LogP contribution in [0.15, 0.2) is 16.6 Å². The lowest BCUT2D eigenvalue weighted by molar-refractivity contribution is -0.140. The number of ether oxygens (including phenoxy) is 1. The summed E-state index contributed by atoms with van der Waals surface area (Å²) in [7, 11) is 1.37. The van der Waals surface area contributed by atoms with Crippen molar-refractivity contribution in [3.05, 3.63) is 11.6 Å². The van der Waals surface area contributed by atoms with Crippen LogP contribution < -0.4 is 0 Å². The molecular weight excluding hydrogens is 142 g/mol. The van der Waals surface area contributed by atoms with E-state index in [0.717, 1.165) is 11.3 Å². The van der Waals surface area contributed by atoms with Crippen LogP contribution in [-0.2, 0) is 9.53 Å². The SMILES string of the molecule is COC(=O)[C@H]1C=C(C)C(C)=N1. The average Bonchev–Trinajstić information content (AvgIpc) is 2.31. The number of hydrogen-bond donors (Lipinski definition) is 0. The van der Waals surface area contributed by atoms with Gasteiger partial charge in [-0.05, 0) is 25.5 Å². The quantitative estimate of drug-likeness (QED) is 0.526. The molecule has 0 saturated heterocycles. The van der Waals surface area contributed by atoms with Gasteiger partial charge in [0, 0.05) is 5.71 Å². The number of nitrogens with zero attached hydrogens (tertiary/aromatic N) is 1. The lowest BCUT2D eigenvalue weighted by Crippen LogP contribution is -2.15. The maximum absolute atomic E-state index is 10.9. The van der Waals surface area contributed by atoms with Gasteiger partial charge in [-0.2, -0.15) is 0 Å². The fourth-order valence-electron chi connectivity index (χ4n) is 0.947. The lowest BCUT2D eigenvalue weighted by atomic mass is 10.2. The number of allylic oxidation sites excluding steroid dienone is 1. The highest BCUT2D eigenvalue weighted by Crippen LogP contribution is 2.12. The number of rotatable bonds is 1. The van der Waals surface area contributed by atoms with E-state index in [-0.39, 0.29) is 5.97 Å². The Hall–Kier alpha value is -1.12. The van der Waals surface area contributed by atoms with Gasteiger partial charge in [-0.25, -0.2) is 4.79 Å². The Kier molecular flexibility index (Phi) is 2.08. The molecule has 1 aliphatic heterocycles. The predicted molar refractivity (Wildman–Crippen MR) is 42.7 cm³/mol. The van der Waals surface area contributed by atoms with E-state index in [1.165, 1.54) is 7.11 Å². The molecular formula is C8H11NO2. The van der Waals surface area contributed by atoms with E-state index in [1.807, 2.05) is 13.8 Å². The molecule has 1 aliphatic rings. The molecule has 3 heteroatoms. The van der Waals surface area contributed by atoms with Gasteiger partial charge in [-0.15, -0.1) is 0 Å². The smallest absolute Gasteiger partial charge is 0.334 e. The third-order valence-electron chi connectivity index (χ3n) is 1.75. The molecule has 0 bridgehead atoms. The number of methoxy groups -OCH3 is 1. The van der Waals surface area contributed by atoms with Crippen LogP contribution in [0.1, 0.15) is 13.8 Å². The number of esters is 1. The first-order chi connectivity index (χ1) is 5.15. The second-order valence-electron chi connectivity index (χ2n) is 2.53. The van der Waals surface area contributed by atoms with Gasteiger partial charge in [-0.3, -0.25) is 4.99 Å². The van der Waals surface area contributed by atoms with E-state index in [1.54, 1.807) is 6.08 Å². The first-order valence-electron chi connectivity index (χ1n) is 3.46. The van der Waals surface area contributed by atoms with Gasteiger partial charge in [0.25, 0.3) is 0 Å². The number of hydrogen-bond acceptors (Lipinski definition) is 3. The summed E-state index contributed by atoms with van der Waals surface area (Å²) in [6.07, 6.45) is 1.81. The van der Waals surface area contributed by atoms with Crippen LogP contribution in [0.4, 0.5) is 0 Å². The fourth-order valence-corrected chi connectivity index (χ4v) is 0.947. The highest BCUT2D eigenvalue weighted by atomic mass is 16.5. The molecule has 0 amide bonds. The normalized spacial score (nSPS) is 22.6. The molecule has 0 aromatic carbocycles. The molecule has 0 aromatic heterocycles. The summed E-state index contributed by atoms with van der Waals surface area (Å²) >= 11 is 0. The summed E-state index contributed by atoms with van der Waals surface area (Å²) in [6, 6.07) is -0.403. The maximum atomic E-state index is 10.9. The van der Waals surface area contributed by atoms with Crippen molar-refractivity contribution in [1.29, 1.82) is 0 Å². The van der Waals surface area contributed by atoms with E-state index in [4.69, 9.17) is 0 Å². The maximum Gasteiger partial charge on any atom is 0.334 e. The van der Waals surface area contributed by atoms with Crippen LogP contribution in [0.2, 0.25) is 0 Å². The van der Waals surface area contributed by atoms with Crippen molar-refractivity contribution in [3.63, 3.8) is 0 Å². The number of carbonyl (C=O) groups is 1. The van der Waals surface area contributed by atoms with Crippen LogP contribution in [0.3, 0.4) is 0 Å². The Morgan fingerprint density at radius 1 is 1.64 bits per heavy atom. The van der Waals surface area contributed by atoms with Gasteiger partial charge in [-0.1, -0.05) is 0 Å². The lowest BCUT2D eigenvalue weighted by Gasteiger charge is -1.99. The molecule has 60 valence electrons. The zero-order valence-corrected chi connectivity index (χ0v) is 6.92. The summed E-state index contributed by atoms with van der Waals surface area (Å²) in [5.41, 5.74) is 1.97. The van der Waals surface area contributed by atoms with Crippen molar-refractivity contribution in [2.24, 2.45) is 4.99 Å². The van der Waals surface area contributed by atoms with E-state index in [0.29, 0.717) is 0 Å². The van der Waals surface area contributed by atoms with Crippen LogP contribution in [0, 0.1) is 0 Å². The van der Waals surface area contributed by atoms with E-state index < -0.39 is 6.04 Å². The zero-order valence-electron chi connectivity index (χ0n) is 6.92. The summed E-state index contributed by atoms with van der Waals surface area (Å²) in [5.74, 6) is -0.291. The molecule has 0 saturated carbocycles. The van der Waals surface area contributed by atoms with Crippen LogP contribution in [0.5, 0.6) is 0 Å². The first kappa shape index (κ1) is 7.98. The highest BCUT2D eigenvalue weighted by molar-refractivity contribution is 6.02. The van der Waals surface area contributed by atoms with Crippen LogP contribution in [-0.4, -0.2) is 24.8 Å². The minimum atomic E-state index is -0.403. The topological polar surface area (TPSA) is 38.7 Å². The van der Waals surface area contributed by atoms with Gasteiger partial charge in [0.2, 0.25) is 0 Å². The van der Waals surface area contributed by atoms with Gasteiger partial charge in [0.05, 0.1) is 7.11 Å². The van der Waals surface area contributed by atoms with Crippen molar-refractivity contribution in [1.82, 2.24) is 0 Å². The summed E-state index contributed by atoms with van der Waals surface area (Å²) in [6.45, 7) is 3.82. The number of carbonyl (C=O) groups excluding carboxylic acids is 1. The minimum absolute atomic E-state index is 0.291. The van der Waals surface area contributed by atoms with Crippen molar-refractivity contribution < 1.29 is 9.53 Å². The molecule has 0 spiro atoms. The Morgan fingerprint density at radius 3 is 2.64 bits per heavy atom. The molecule has 1 atom stereocenters. The van der Waals surface area contributed by atoms with Gasteiger partial charge in [0.1, 0.15) is 0 Å². The van der Waals surface area contributed by atoms with Crippen molar-refractivity contribution in [2.45, 2.75) is 19.9 Å². The number of aliphatic imine (C=N–C) groups is 1. The molecule has 0 fully saturated rings. The molecule has 0 unspecified atom stereocenters. The van der Waals surface area contributed by atoms with E-state index in [9.17, 15) is 4.79 Å². The Labute approximate surface area is 65.8 Å². The van der Waals surface area contributed by atoms with Gasteiger partial charge < -0.3 is 4.74 Å². The molecule has 11 heavy (non-hydrogen) atoms. The average molecular weight is 153 g/mol. The first-order valence-corrected chi connectivity index (χ1v) is 3.46. The Morgan fingerprint density at radius 2 is 2.27 bits per heavy atom. The molecule has 0 aromatic rings. The Balaban J connectivity index is 2.75. The predicted octanol–water partition coefficient (Wildman–Crippen LogP) is 0.949. The summed E-state index contributed by atoms with van der Waals surface area (Å²) in [5, 5.41) is 0. The molecule has 3 nitrogen and oxygen atoms in total. The van der Waals surface area contributed by atoms with E-state index >= 15 is 0 Å². The minimum Gasteiger partial charge on any atom is -0.467 e. The van der Waals surface area contributed by atoms with E-state index in [2.05, 4.69) is 9.73 Å². The Bertz CT molecular complexity index is 222. The van der Waals surface area contributed by atoms with Crippen molar-refractivity contribution in [2.75, 3.05) is 7.11 Å². The van der Waals surface area contributed by atoms with Gasteiger partial charge in [0.15, 0.2) is 6.04 Å². The standard InChI is InChI=1S/C8H11NO2/c1-5-4-7(8(10)11-3)9-6(5)2/h4,7H,1-3H3/t7-/m1/s1. The molecule has 0 radical (unpaired) electrons. The third-order valence-corrected chi connectivity index (χ3v) is 1.75. The second-order valence-corrected chi connectivity index (χ2v) is 2.53. The van der Waals surface area contributed by atoms with Gasteiger partial charge >= 0.3 is 5.97 Å². The fraction of sp³-hybridized carbons (Fsp3) is 0.500. The molecule has 0 aliphatic carbocycles. The summed E-state index contributed by atoms with van der Waals surface area (Å²) in [4.78, 5) is 15.0. The molecule has 0 N–H and O–H groups in total. The van der Waals surface area contributed by atoms with Crippen molar-refractivity contribution in [3.8, 4) is 0 Å². The van der Waals surface area contributed by atoms with Crippen LogP contribution in [0.25, 0.3) is 0 Å². The summed E-state index contributed by atoms with van der Waals surface area (Å²) < 4.78 is 4.54. The molecule has 1 rings (SSSR count). The highest BCUT2D eigenvalue weighted by Gasteiger charge is 2.20. The monoisotopic (exact) mass is 153 g/mol.